The van der Waals surface area contributed by atoms with Crippen molar-refractivity contribution in [2.24, 2.45) is 29.6 Å². The topological polar surface area (TPSA) is 145 Å². The standard InChI is InChI=1S/C40H55N3O7/c1-4-30(33-21-13-15-23-36(33)43(48)49)37(44)26-29(24-27-16-8-6-9-17-27)38(45)41-34-22-14-12-20-32(34)31(5-2)39(46)42-35(40(47)50-3)25-28-18-10-7-11-19-28/h6-11,16-19,29-36H,4-5,12-15,20-26H2,1-3H3,(H,41,45)(H,42,46)/t29-,30+,31+,32+,33+,34+,35+,36+/m0/s1. The summed E-state index contributed by atoms with van der Waals surface area (Å²) in [7, 11) is 1.31. The van der Waals surface area contributed by atoms with E-state index in [2.05, 4.69) is 10.6 Å². The monoisotopic (exact) mass is 689 g/mol. The molecule has 2 aliphatic rings. The fourth-order valence-electron chi connectivity index (χ4n) is 8.46. The SMILES string of the molecule is CC[C@@H](C(=O)C[C@H](Cc1ccccc1)C(=O)N[C@@H]1CCCC[C@@H]1[C@@H](CC)C(=O)N[C@H](Cc1ccccc1)C(=O)OC)[C@H]1CCCC[C@H]1[N+](=O)[O-]. The Hall–Kier alpha value is -4.08. The van der Waals surface area contributed by atoms with Gasteiger partial charge in [0.05, 0.1) is 7.11 Å². The molecule has 2 aromatic carbocycles. The second-order valence-corrected chi connectivity index (χ2v) is 14.2. The van der Waals surface area contributed by atoms with Crippen molar-refractivity contribution in [2.45, 2.75) is 115 Å². The van der Waals surface area contributed by atoms with Crippen molar-refractivity contribution in [3.8, 4) is 0 Å². The summed E-state index contributed by atoms with van der Waals surface area (Å²) >= 11 is 0. The number of Topliss-reactive ketones (excluding diaryl/α,β-unsaturated/α-hetero) is 1. The maximum atomic E-state index is 14.2. The van der Waals surface area contributed by atoms with Crippen LogP contribution < -0.4 is 10.6 Å². The minimum atomic E-state index is -0.840. The van der Waals surface area contributed by atoms with Crippen molar-refractivity contribution in [1.29, 1.82) is 0 Å². The van der Waals surface area contributed by atoms with Crippen molar-refractivity contribution in [3.05, 3.63) is 81.9 Å². The lowest BCUT2D eigenvalue weighted by Gasteiger charge is -2.38. The maximum Gasteiger partial charge on any atom is 0.328 e. The second-order valence-electron chi connectivity index (χ2n) is 14.2. The lowest BCUT2D eigenvalue weighted by atomic mass is 9.72. The molecule has 10 nitrogen and oxygen atoms in total. The zero-order valence-electron chi connectivity index (χ0n) is 29.9. The molecule has 0 aromatic heterocycles. The third-order valence-electron chi connectivity index (χ3n) is 11.1. The van der Waals surface area contributed by atoms with Crippen LogP contribution in [-0.2, 0) is 36.8 Å². The minimum absolute atomic E-state index is 0.00947. The molecule has 10 heteroatoms. The highest BCUT2D eigenvalue weighted by atomic mass is 16.6. The van der Waals surface area contributed by atoms with Crippen LogP contribution >= 0.6 is 0 Å². The molecular formula is C40H55N3O7. The van der Waals surface area contributed by atoms with Crippen molar-refractivity contribution >= 4 is 23.6 Å². The number of esters is 1. The van der Waals surface area contributed by atoms with Crippen LogP contribution in [-0.4, -0.2) is 53.7 Å². The number of hydrogen-bond acceptors (Lipinski definition) is 7. The van der Waals surface area contributed by atoms with Gasteiger partial charge in [-0.25, -0.2) is 4.79 Å². The van der Waals surface area contributed by atoms with Gasteiger partial charge in [-0.1, -0.05) is 93.8 Å². The van der Waals surface area contributed by atoms with Gasteiger partial charge in [-0.05, 0) is 62.0 Å². The average molecular weight is 690 g/mol. The first kappa shape index (κ1) is 38.7. The van der Waals surface area contributed by atoms with Gasteiger partial charge >= 0.3 is 5.97 Å². The molecule has 8 atom stereocenters. The van der Waals surface area contributed by atoms with E-state index in [-0.39, 0.29) is 46.8 Å². The van der Waals surface area contributed by atoms with E-state index >= 15 is 0 Å². The highest BCUT2D eigenvalue weighted by molar-refractivity contribution is 5.89. The van der Waals surface area contributed by atoms with Crippen molar-refractivity contribution in [1.82, 2.24) is 10.6 Å². The first-order valence-electron chi connectivity index (χ1n) is 18.6. The molecule has 0 radical (unpaired) electrons. The number of hydrogen-bond donors (Lipinski definition) is 2. The molecule has 2 aliphatic carbocycles. The van der Waals surface area contributed by atoms with Gasteiger partial charge in [0.1, 0.15) is 11.8 Å². The Morgan fingerprint density at radius 1 is 0.780 bits per heavy atom. The number of nitrogens with zero attached hydrogens (tertiary/aromatic N) is 1. The first-order chi connectivity index (χ1) is 24.2. The number of ketones is 1. The van der Waals surface area contributed by atoms with Crippen LogP contribution in [0.1, 0.15) is 95.6 Å². The number of ether oxygens (including phenoxy) is 1. The maximum absolute atomic E-state index is 14.2. The van der Waals surface area contributed by atoms with Crippen molar-refractivity contribution < 1.29 is 28.8 Å². The molecule has 2 N–H and O–H groups in total. The van der Waals surface area contributed by atoms with Gasteiger partial charge in [0, 0.05) is 53.9 Å². The molecule has 0 heterocycles. The van der Waals surface area contributed by atoms with Gasteiger partial charge in [-0.2, -0.15) is 0 Å². The Bertz CT molecular complexity index is 1420. The Labute approximate surface area is 296 Å². The number of carbonyl (C=O) groups is 4. The van der Waals surface area contributed by atoms with E-state index in [1.807, 2.05) is 74.5 Å². The third kappa shape index (κ3) is 10.5. The Morgan fingerprint density at radius 2 is 1.34 bits per heavy atom. The summed E-state index contributed by atoms with van der Waals surface area (Å²) in [5, 5.41) is 18.2. The van der Waals surface area contributed by atoms with Gasteiger partial charge in [0.15, 0.2) is 0 Å². The summed E-state index contributed by atoms with van der Waals surface area (Å²) in [6, 6.07) is 17.2. The van der Waals surface area contributed by atoms with E-state index in [0.29, 0.717) is 44.9 Å². The van der Waals surface area contributed by atoms with E-state index < -0.39 is 35.8 Å². The highest BCUT2D eigenvalue weighted by Crippen LogP contribution is 2.36. The molecule has 0 bridgehead atoms. The van der Waals surface area contributed by atoms with Crippen LogP contribution in [0.15, 0.2) is 60.7 Å². The van der Waals surface area contributed by atoms with E-state index in [0.717, 1.165) is 43.2 Å². The molecule has 4 rings (SSSR count). The molecule has 0 spiro atoms. The van der Waals surface area contributed by atoms with E-state index in [1.54, 1.807) is 0 Å². The van der Waals surface area contributed by atoms with Crippen LogP contribution in [0.3, 0.4) is 0 Å². The zero-order valence-corrected chi connectivity index (χ0v) is 29.9. The Kier molecular flexibility index (Phi) is 15.0. The molecule has 2 aromatic rings. The summed E-state index contributed by atoms with van der Waals surface area (Å²) in [4.78, 5) is 66.5. The number of nitro groups is 1. The fraction of sp³-hybridized carbons (Fsp3) is 0.600. The molecule has 0 aliphatic heterocycles. The largest absolute Gasteiger partial charge is 0.467 e. The number of rotatable bonds is 17. The van der Waals surface area contributed by atoms with Crippen LogP contribution in [0.4, 0.5) is 0 Å². The summed E-state index contributed by atoms with van der Waals surface area (Å²) < 4.78 is 5.03. The summed E-state index contributed by atoms with van der Waals surface area (Å²) in [5.74, 6) is -3.08. The predicted octanol–water partition coefficient (Wildman–Crippen LogP) is 6.27. The van der Waals surface area contributed by atoms with Crippen molar-refractivity contribution in [3.63, 3.8) is 0 Å². The molecular weight excluding hydrogens is 634 g/mol. The van der Waals surface area contributed by atoms with Crippen LogP contribution in [0.25, 0.3) is 0 Å². The average Bonchev–Trinajstić information content (AvgIpc) is 3.13. The number of carbonyl (C=O) groups excluding carboxylic acids is 4. The molecule has 2 amide bonds. The molecule has 0 saturated heterocycles. The molecule has 0 unspecified atom stereocenters. The summed E-state index contributed by atoms with van der Waals surface area (Å²) in [5.41, 5.74) is 1.84. The van der Waals surface area contributed by atoms with E-state index in [4.69, 9.17) is 4.74 Å². The molecule has 2 fully saturated rings. The van der Waals surface area contributed by atoms with Crippen LogP contribution in [0, 0.1) is 39.7 Å². The third-order valence-corrected chi connectivity index (χ3v) is 11.1. The Balaban J connectivity index is 1.51. The van der Waals surface area contributed by atoms with Gasteiger partial charge in [0.2, 0.25) is 17.9 Å². The number of benzene rings is 2. The number of nitrogens with one attached hydrogen (secondary N) is 2. The molecule has 2 saturated carbocycles. The van der Waals surface area contributed by atoms with E-state index in [9.17, 15) is 29.3 Å². The van der Waals surface area contributed by atoms with Crippen LogP contribution in [0.5, 0.6) is 0 Å². The van der Waals surface area contributed by atoms with Gasteiger partial charge < -0.3 is 15.4 Å². The summed E-state index contributed by atoms with van der Waals surface area (Å²) in [6.07, 6.45) is 7.81. The fourth-order valence-corrected chi connectivity index (χ4v) is 8.46. The van der Waals surface area contributed by atoms with Gasteiger partial charge in [-0.3, -0.25) is 24.5 Å². The quantitative estimate of drug-likeness (QED) is 0.113. The molecule has 272 valence electrons. The first-order valence-corrected chi connectivity index (χ1v) is 18.6. The Morgan fingerprint density at radius 3 is 1.92 bits per heavy atom. The second kappa shape index (κ2) is 19.3. The van der Waals surface area contributed by atoms with Crippen LogP contribution in [0.2, 0.25) is 0 Å². The minimum Gasteiger partial charge on any atom is -0.467 e. The normalized spacial score (nSPS) is 23.0. The van der Waals surface area contributed by atoms with Gasteiger partial charge in [0.25, 0.3) is 0 Å². The lowest BCUT2D eigenvalue weighted by Crippen LogP contribution is -2.52. The summed E-state index contributed by atoms with van der Waals surface area (Å²) in [6.45, 7) is 3.86. The van der Waals surface area contributed by atoms with E-state index in [1.165, 1.54) is 7.11 Å². The number of amides is 2. The predicted molar refractivity (Wildman–Crippen MR) is 192 cm³/mol. The number of methoxy groups -OCH3 is 1. The van der Waals surface area contributed by atoms with Crippen molar-refractivity contribution in [2.75, 3.05) is 7.11 Å². The zero-order chi connectivity index (χ0) is 36.0. The lowest BCUT2D eigenvalue weighted by molar-refractivity contribution is -0.537. The highest BCUT2D eigenvalue weighted by Gasteiger charge is 2.43. The molecule has 50 heavy (non-hydrogen) atoms. The van der Waals surface area contributed by atoms with Gasteiger partial charge in [-0.15, -0.1) is 0 Å². The smallest absolute Gasteiger partial charge is 0.328 e.